The Balaban J connectivity index is 1.47. The number of fused-ring (bicyclic) bond motifs is 2. The molecule has 0 radical (unpaired) electrons. The highest BCUT2D eigenvalue weighted by Gasteiger charge is 2.21. The molecule has 0 unspecified atom stereocenters. The minimum atomic E-state index is -3.80. The van der Waals surface area contributed by atoms with Crippen LogP contribution in [0.1, 0.15) is 5.69 Å². The number of aromatic nitrogens is 4. The minimum Gasteiger partial charge on any atom is -0.490 e. The van der Waals surface area contributed by atoms with E-state index in [1.807, 2.05) is 0 Å². The lowest BCUT2D eigenvalue weighted by Crippen LogP contribution is -2.23. The summed E-state index contributed by atoms with van der Waals surface area (Å²) in [7, 11) is -3.80. The van der Waals surface area contributed by atoms with Crippen LogP contribution in [0.5, 0.6) is 5.75 Å². The van der Waals surface area contributed by atoms with Crippen LogP contribution in [0, 0.1) is 0 Å². The summed E-state index contributed by atoms with van der Waals surface area (Å²) < 4.78 is 34.8. The highest BCUT2D eigenvalue weighted by Crippen LogP contribution is 2.32. The normalized spacial score (nSPS) is 13.4. The van der Waals surface area contributed by atoms with Crippen molar-refractivity contribution in [2.45, 2.75) is 22.9 Å². The molecule has 2 N–H and O–H groups in total. The zero-order valence-electron chi connectivity index (χ0n) is 17.5. The van der Waals surface area contributed by atoms with Gasteiger partial charge in [0.2, 0.25) is 9.84 Å². The summed E-state index contributed by atoms with van der Waals surface area (Å²) >= 11 is 0. The van der Waals surface area contributed by atoms with Gasteiger partial charge in [-0.1, -0.05) is 0 Å². The Morgan fingerprint density at radius 1 is 1.12 bits per heavy atom. The number of ether oxygens (including phenoxy) is 1. The third-order valence-electron chi connectivity index (χ3n) is 5.41. The molecule has 0 atom stereocenters. The molecule has 0 aliphatic carbocycles. The van der Waals surface area contributed by atoms with Crippen LogP contribution in [0.15, 0.2) is 69.4 Å². The van der Waals surface area contributed by atoms with Gasteiger partial charge in [0.05, 0.1) is 52.5 Å². The van der Waals surface area contributed by atoms with E-state index in [0.29, 0.717) is 47.6 Å². The monoisotopic (exact) mass is 467 g/mol. The van der Waals surface area contributed by atoms with Crippen LogP contribution >= 0.6 is 0 Å². The summed E-state index contributed by atoms with van der Waals surface area (Å²) in [6.45, 7) is 1.63. The lowest BCUT2D eigenvalue weighted by Gasteiger charge is -2.19. The molecule has 0 spiro atoms. The van der Waals surface area contributed by atoms with Crippen molar-refractivity contribution in [2.75, 3.05) is 25.1 Å². The second-order valence-electron chi connectivity index (χ2n) is 7.59. The molecule has 10 nitrogen and oxygen atoms in total. The maximum Gasteiger partial charge on any atom is 0.274 e. The average Bonchev–Trinajstić information content (AvgIpc) is 3.27. The van der Waals surface area contributed by atoms with Crippen molar-refractivity contribution in [3.8, 4) is 5.75 Å². The molecule has 0 saturated carbocycles. The van der Waals surface area contributed by atoms with Crippen molar-refractivity contribution in [2.24, 2.45) is 0 Å². The Kier molecular flexibility index (Phi) is 5.35. The molecule has 33 heavy (non-hydrogen) atoms. The van der Waals surface area contributed by atoms with E-state index in [9.17, 15) is 13.2 Å². The van der Waals surface area contributed by atoms with Crippen LogP contribution in [-0.2, 0) is 22.9 Å². The van der Waals surface area contributed by atoms with Crippen molar-refractivity contribution in [1.82, 2.24) is 19.6 Å². The Bertz CT molecular complexity index is 1510. The zero-order chi connectivity index (χ0) is 23.0. The van der Waals surface area contributed by atoms with E-state index in [1.54, 1.807) is 29.1 Å². The Labute approximate surface area is 189 Å². The maximum absolute atomic E-state index is 13.2. The van der Waals surface area contributed by atoms with E-state index in [1.165, 1.54) is 35.1 Å². The number of benzene rings is 2. The van der Waals surface area contributed by atoms with Crippen molar-refractivity contribution in [1.29, 1.82) is 0 Å². The third-order valence-corrected chi connectivity index (χ3v) is 7.16. The van der Waals surface area contributed by atoms with Crippen LogP contribution in [0.4, 0.5) is 5.69 Å². The number of nitrogens with zero attached hydrogens (tertiary/aromatic N) is 4. The summed E-state index contributed by atoms with van der Waals surface area (Å²) in [6, 6.07) is 10.9. The summed E-state index contributed by atoms with van der Waals surface area (Å²) in [4.78, 5) is 13.1. The summed E-state index contributed by atoms with van der Waals surface area (Å²) in [5.41, 5.74) is 0.916. The fourth-order valence-corrected chi connectivity index (χ4v) is 5.06. The van der Waals surface area contributed by atoms with Gasteiger partial charge in [-0.25, -0.2) is 13.1 Å². The van der Waals surface area contributed by atoms with Crippen LogP contribution < -0.4 is 15.6 Å². The molecular weight excluding hydrogens is 446 g/mol. The number of anilines is 1. The second-order valence-corrected chi connectivity index (χ2v) is 9.54. The van der Waals surface area contributed by atoms with Crippen molar-refractivity contribution in [3.05, 3.63) is 70.9 Å². The number of sulfone groups is 1. The highest BCUT2D eigenvalue weighted by atomic mass is 32.2. The number of aliphatic hydroxyl groups excluding tert-OH is 1. The molecule has 4 aromatic rings. The molecule has 0 bridgehead atoms. The summed E-state index contributed by atoms with van der Waals surface area (Å²) in [5, 5.41) is 21.4. The molecule has 1 aliphatic heterocycles. The van der Waals surface area contributed by atoms with E-state index in [0.717, 1.165) is 0 Å². The topological polar surface area (TPSA) is 128 Å². The number of rotatable bonds is 6. The van der Waals surface area contributed by atoms with Gasteiger partial charge in [0.15, 0.2) is 0 Å². The highest BCUT2D eigenvalue weighted by molar-refractivity contribution is 7.91. The smallest absolute Gasteiger partial charge is 0.274 e. The summed E-state index contributed by atoms with van der Waals surface area (Å²) in [5.74, 6) is 0.615. The van der Waals surface area contributed by atoms with Crippen LogP contribution in [0.25, 0.3) is 10.8 Å². The van der Waals surface area contributed by atoms with Gasteiger partial charge in [0, 0.05) is 18.1 Å². The molecule has 0 fully saturated rings. The molecule has 3 heterocycles. The van der Waals surface area contributed by atoms with E-state index in [-0.39, 0.29) is 28.5 Å². The largest absolute Gasteiger partial charge is 0.490 e. The Hall–Kier alpha value is -3.70. The number of aliphatic hydroxyl groups is 1. The standard InChI is InChI=1S/C22H21N5O5S/c28-9-8-26-7-5-16(25-26)14-27-22(29)19-3-1-17(11-15(19)13-24-27)33(30,31)18-2-4-21-20(12-18)23-6-10-32-21/h1-5,7,11-13,23,28H,6,8-10,14H2. The zero-order valence-corrected chi connectivity index (χ0v) is 18.3. The van der Waals surface area contributed by atoms with Gasteiger partial charge in [-0.05, 0) is 42.5 Å². The first kappa shape index (κ1) is 21.2. The summed E-state index contributed by atoms with van der Waals surface area (Å²) in [6.07, 6.45) is 3.19. The first-order valence-electron chi connectivity index (χ1n) is 10.3. The third kappa shape index (κ3) is 3.96. The van der Waals surface area contributed by atoms with Crippen molar-refractivity contribution < 1.29 is 18.3 Å². The van der Waals surface area contributed by atoms with Crippen molar-refractivity contribution in [3.63, 3.8) is 0 Å². The van der Waals surface area contributed by atoms with Crippen molar-refractivity contribution >= 4 is 26.3 Å². The van der Waals surface area contributed by atoms with E-state index < -0.39 is 9.84 Å². The van der Waals surface area contributed by atoms with Gasteiger partial charge >= 0.3 is 0 Å². The van der Waals surface area contributed by atoms with Gasteiger partial charge in [-0.2, -0.15) is 10.2 Å². The molecular formula is C22H21N5O5S. The molecule has 5 rings (SSSR count). The van der Waals surface area contributed by atoms with Gasteiger partial charge in [0.25, 0.3) is 5.56 Å². The lowest BCUT2D eigenvalue weighted by molar-refractivity contribution is 0.269. The number of hydrogen-bond acceptors (Lipinski definition) is 8. The van der Waals surface area contributed by atoms with Gasteiger partial charge < -0.3 is 15.2 Å². The average molecular weight is 468 g/mol. The molecule has 2 aromatic carbocycles. The molecule has 1 aliphatic rings. The maximum atomic E-state index is 13.2. The van der Waals surface area contributed by atoms with Crippen LogP contribution in [0.2, 0.25) is 0 Å². The quantitative estimate of drug-likeness (QED) is 0.434. The molecule has 11 heteroatoms. The SMILES string of the molecule is O=c1c2ccc(S(=O)(=O)c3ccc4c(c3)NCCO4)cc2cnn1Cc1ccn(CCO)n1. The van der Waals surface area contributed by atoms with E-state index in [4.69, 9.17) is 9.84 Å². The molecule has 2 aromatic heterocycles. The number of nitrogens with one attached hydrogen (secondary N) is 1. The number of hydrogen-bond donors (Lipinski definition) is 2. The molecule has 0 saturated heterocycles. The minimum absolute atomic E-state index is 0.0315. The fourth-order valence-electron chi connectivity index (χ4n) is 3.74. The van der Waals surface area contributed by atoms with Gasteiger partial charge in [-0.15, -0.1) is 0 Å². The first-order valence-corrected chi connectivity index (χ1v) is 11.8. The fraction of sp³-hybridized carbons (Fsp3) is 0.227. The Morgan fingerprint density at radius 2 is 1.94 bits per heavy atom. The van der Waals surface area contributed by atoms with Gasteiger partial charge in [-0.3, -0.25) is 9.48 Å². The Morgan fingerprint density at radius 3 is 2.79 bits per heavy atom. The molecule has 0 amide bonds. The predicted molar refractivity (Wildman–Crippen MR) is 120 cm³/mol. The van der Waals surface area contributed by atoms with Crippen LogP contribution in [-0.4, -0.2) is 52.8 Å². The first-order chi connectivity index (χ1) is 16.0. The lowest BCUT2D eigenvalue weighted by atomic mass is 10.2. The second kappa shape index (κ2) is 8.34. The molecule has 170 valence electrons. The van der Waals surface area contributed by atoms with Crippen LogP contribution in [0.3, 0.4) is 0 Å². The van der Waals surface area contributed by atoms with Gasteiger partial charge in [0.1, 0.15) is 12.4 Å². The van der Waals surface area contributed by atoms with E-state index in [2.05, 4.69) is 15.5 Å². The predicted octanol–water partition coefficient (Wildman–Crippen LogP) is 1.27. The van der Waals surface area contributed by atoms with E-state index >= 15 is 0 Å².